The lowest BCUT2D eigenvalue weighted by atomic mass is 10.2. The number of anilines is 1. The Kier molecular flexibility index (Phi) is 5.09. The summed E-state index contributed by atoms with van der Waals surface area (Å²) in [5, 5.41) is 9.62. The number of carbonyl (C=O) groups is 3. The number of nitrogens with one attached hydrogen (secondary N) is 1. The van der Waals surface area contributed by atoms with Gasteiger partial charge in [-0.15, -0.1) is 0 Å². The minimum absolute atomic E-state index is 0.0793. The van der Waals surface area contributed by atoms with Crippen LogP contribution >= 0.6 is 11.8 Å². The molecule has 146 valence electrons. The van der Waals surface area contributed by atoms with Crippen LogP contribution < -0.4 is 5.32 Å². The minimum Gasteiger partial charge on any atom is -0.324 e. The maximum Gasteiger partial charge on any atom is 0.293 e. The van der Waals surface area contributed by atoms with Crippen molar-refractivity contribution in [3.63, 3.8) is 0 Å². The molecule has 1 fully saturated rings. The highest BCUT2D eigenvalue weighted by Crippen LogP contribution is 2.32. The van der Waals surface area contributed by atoms with Gasteiger partial charge in [-0.3, -0.25) is 19.3 Å². The van der Waals surface area contributed by atoms with Crippen LogP contribution in [0.3, 0.4) is 0 Å². The SMILES string of the molecule is O=C(CCN1C(=O)S/C(=C\c2cccc(F)c2)C1=O)Nc1cccc2nonc12. The Balaban J connectivity index is 1.40. The summed E-state index contributed by atoms with van der Waals surface area (Å²) in [7, 11) is 0. The van der Waals surface area contributed by atoms with Gasteiger partial charge in [0.1, 0.15) is 11.3 Å². The van der Waals surface area contributed by atoms with Gasteiger partial charge in [0, 0.05) is 13.0 Å². The van der Waals surface area contributed by atoms with Gasteiger partial charge in [0.2, 0.25) is 5.91 Å². The largest absolute Gasteiger partial charge is 0.324 e. The molecule has 3 amide bonds. The van der Waals surface area contributed by atoms with E-state index < -0.39 is 22.9 Å². The number of aromatic nitrogens is 2. The molecule has 2 aromatic carbocycles. The molecule has 0 unspecified atom stereocenters. The van der Waals surface area contributed by atoms with Crippen molar-refractivity contribution in [1.82, 2.24) is 15.2 Å². The van der Waals surface area contributed by atoms with E-state index in [4.69, 9.17) is 0 Å². The number of benzene rings is 2. The number of rotatable bonds is 5. The number of fused-ring (bicyclic) bond motifs is 1. The molecule has 8 nitrogen and oxygen atoms in total. The molecule has 0 spiro atoms. The first-order valence-electron chi connectivity index (χ1n) is 8.53. The van der Waals surface area contributed by atoms with Crippen molar-refractivity contribution >= 4 is 51.6 Å². The third kappa shape index (κ3) is 4.02. The monoisotopic (exact) mass is 412 g/mol. The molecule has 29 heavy (non-hydrogen) atoms. The van der Waals surface area contributed by atoms with E-state index in [0.717, 1.165) is 16.7 Å². The van der Waals surface area contributed by atoms with E-state index in [2.05, 4.69) is 20.3 Å². The number of amides is 3. The molecule has 1 aliphatic rings. The molecule has 4 rings (SSSR count). The van der Waals surface area contributed by atoms with Gasteiger partial charge in [-0.25, -0.2) is 9.02 Å². The highest BCUT2D eigenvalue weighted by atomic mass is 32.2. The van der Waals surface area contributed by atoms with Crippen LogP contribution in [0.4, 0.5) is 14.9 Å². The summed E-state index contributed by atoms with van der Waals surface area (Å²) in [6.07, 6.45) is 1.36. The van der Waals surface area contributed by atoms with Crippen LogP contribution in [0.1, 0.15) is 12.0 Å². The van der Waals surface area contributed by atoms with E-state index in [1.54, 1.807) is 24.3 Å². The van der Waals surface area contributed by atoms with E-state index in [1.165, 1.54) is 24.3 Å². The minimum atomic E-state index is -0.514. The molecule has 0 bridgehead atoms. The summed E-state index contributed by atoms with van der Waals surface area (Å²) in [6.45, 7) is -0.0793. The second kappa shape index (κ2) is 7.84. The van der Waals surface area contributed by atoms with E-state index in [1.807, 2.05) is 0 Å². The Labute approximate surface area is 167 Å². The quantitative estimate of drug-likeness (QED) is 0.640. The van der Waals surface area contributed by atoms with Crippen molar-refractivity contribution in [2.75, 3.05) is 11.9 Å². The van der Waals surface area contributed by atoms with Crippen molar-refractivity contribution in [3.05, 3.63) is 58.8 Å². The predicted octanol–water partition coefficient (Wildman–Crippen LogP) is 3.43. The van der Waals surface area contributed by atoms with Gasteiger partial charge in [0.25, 0.3) is 11.1 Å². The number of imide groups is 1. The zero-order chi connectivity index (χ0) is 20.4. The smallest absolute Gasteiger partial charge is 0.293 e. The normalized spacial score (nSPS) is 15.5. The van der Waals surface area contributed by atoms with E-state index in [-0.39, 0.29) is 17.9 Å². The highest BCUT2D eigenvalue weighted by molar-refractivity contribution is 8.18. The number of hydrogen-bond donors (Lipinski definition) is 1. The van der Waals surface area contributed by atoms with Crippen molar-refractivity contribution in [2.24, 2.45) is 0 Å². The van der Waals surface area contributed by atoms with Gasteiger partial charge in [-0.2, -0.15) is 0 Å². The van der Waals surface area contributed by atoms with Crippen molar-refractivity contribution in [1.29, 1.82) is 0 Å². The first-order chi connectivity index (χ1) is 14.0. The lowest BCUT2D eigenvalue weighted by Crippen LogP contribution is -2.31. The maximum atomic E-state index is 13.3. The standard InChI is InChI=1S/C19H13FN4O4S/c20-12-4-1-3-11(9-12)10-15-18(26)24(19(27)29-15)8-7-16(25)21-13-5-2-6-14-17(13)23-28-22-14/h1-6,9-10H,7-8H2,(H,21,25)/b15-10-. The second-order valence-electron chi connectivity index (χ2n) is 6.12. The molecule has 1 saturated heterocycles. The molecule has 0 saturated carbocycles. The summed E-state index contributed by atoms with van der Waals surface area (Å²) in [5.74, 6) is -1.35. The molecule has 0 aliphatic carbocycles. The summed E-state index contributed by atoms with van der Waals surface area (Å²) in [5.41, 5.74) is 1.80. The maximum absolute atomic E-state index is 13.3. The molecular formula is C19H13FN4O4S. The zero-order valence-electron chi connectivity index (χ0n) is 14.8. The molecule has 3 aromatic rings. The third-order valence-electron chi connectivity index (χ3n) is 4.14. The molecular weight excluding hydrogens is 399 g/mol. The van der Waals surface area contributed by atoms with Crippen LogP contribution in [0.2, 0.25) is 0 Å². The number of carbonyl (C=O) groups excluding carboxylic acids is 3. The van der Waals surface area contributed by atoms with Gasteiger partial charge < -0.3 is 5.32 Å². The Bertz CT molecular complexity index is 1160. The van der Waals surface area contributed by atoms with Gasteiger partial charge in [0.05, 0.1) is 10.6 Å². The lowest BCUT2D eigenvalue weighted by molar-refractivity contribution is -0.123. The van der Waals surface area contributed by atoms with Gasteiger partial charge >= 0.3 is 0 Å². The first-order valence-corrected chi connectivity index (χ1v) is 9.35. The van der Waals surface area contributed by atoms with Crippen LogP contribution in [-0.4, -0.2) is 38.8 Å². The number of halogens is 1. The Hall–Kier alpha value is -3.53. The Morgan fingerprint density at radius 1 is 1.21 bits per heavy atom. The second-order valence-corrected chi connectivity index (χ2v) is 7.12. The fraction of sp³-hybridized carbons (Fsp3) is 0.105. The van der Waals surface area contributed by atoms with Crippen molar-refractivity contribution in [3.8, 4) is 0 Å². The highest BCUT2D eigenvalue weighted by Gasteiger charge is 2.35. The van der Waals surface area contributed by atoms with E-state index in [0.29, 0.717) is 22.3 Å². The zero-order valence-corrected chi connectivity index (χ0v) is 15.6. The van der Waals surface area contributed by atoms with Crippen LogP contribution in [0.5, 0.6) is 0 Å². The fourth-order valence-electron chi connectivity index (χ4n) is 2.77. The molecule has 1 N–H and O–H groups in total. The number of thioether (sulfide) groups is 1. The molecule has 1 aromatic heterocycles. The van der Waals surface area contributed by atoms with Crippen molar-refractivity contribution < 1.29 is 23.4 Å². The average molecular weight is 412 g/mol. The van der Waals surface area contributed by atoms with Crippen LogP contribution in [-0.2, 0) is 9.59 Å². The van der Waals surface area contributed by atoms with Crippen LogP contribution in [0.15, 0.2) is 52.0 Å². The predicted molar refractivity (Wildman–Crippen MR) is 104 cm³/mol. The summed E-state index contributed by atoms with van der Waals surface area (Å²) in [4.78, 5) is 38.1. The molecule has 2 heterocycles. The van der Waals surface area contributed by atoms with E-state index in [9.17, 15) is 18.8 Å². The van der Waals surface area contributed by atoms with Gasteiger partial charge in [0.15, 0.2) is 5.52 Å². The Morgan fingerprint density at radius 2 is 2.03 bits per heavy atom. The first kappa shape index (κ1) is 18.8. The van der Waals surface area contributed by atoms with Gasteiger partial charge in [-0.05, 0) is 58.0 Å². The van der Waals surface area contributed by atoms with Crippen LogP contribution in [0.25, 0.3) is 17.1 Å². The molecule has 10 heteroatoms. The third-order valence-corrected chi connectivity index (χ3v) is 5.05. The summed E-state index contributed by atoms with van der Waals surface area (Å²) < 4.78 is 17.9. The topological polar surface area (TPSA) is 105 Å². The van der Waals surface area contributed by atoms with Crippen LogP contribution in [0, 0.1) is 5.82 Å². The number of hydrogen-bond acceptors (Lipinski definition) is 7. The van der Waals surface area contributed by atoms with Gasteiger partial charge in [-0.1, -0.05) is 18.2 Å². The fourth-order valence-corrected chi connectivity index (χ4v) is 3.64. The molecule has 0 atom stereocenters. The van der Waals surface area contributed by atoms with E-state index >= 15 is 0 Å². The Morgan fingerprint density at radius 3 is 2.86 bits per heavy atom. The summed E-state index contributed by atoms with van der Waals surface area (Å²) >= 11 is 0.755. The average Bonchev–Trinajstić information content (AvgIpc) is 3.26. The summed E-state index contributed by atoms with van der Waals surface area (Å²) in [6, 6.07) is 10.7. The number of nitrogens with zero attached hydrogens (tertiary/aromatic N) is 3. The molecule has 1 aliphatic heterocycles. The van der Waals surface area contributed by atoms with Crippen molar-refractivity contribution in [2.45, 2.75) is 6.42 Å². The lowest BCUT2D eigenvalue weighted by Gasteiger charge is -2.12. The molecule has 0 radical (unpaired) electrons.